The van der Waals surface area contributed by atoms with Crippen molar-refractivity contribution in [1.82, 2.24) is 0 Å². The molecule has 10 rings (SSSR count). The number of allylic oxidation sites excluding steroid dienone is 1. The summed E-state index contributed by atoms with van der Waals surface area (Å²) in [7, 11) is 42.2. The Hall–Kier alpha value is -6.19. The zero-order chi connectivity index (χ0) is 95.1. The topological polar surface area (TPSA) is 158 Å². The van der Waals surface area contributed by atoms with Crippen molar-refractivity contribution in [3.63, 3.8) is 0 Å². The van der Waals surface area contributed by atoms with E-state index >= 15 is 0 Å². The zero-order valence-corrected chi connectivity index (χ0v) is 88.6. The molecule has 7 aromatic rings. The predicted octanol–water partition coefficient (Wildman–Crippen LogP) is 23.4. The number of anilines is 6. The molecule has 30 heteroatoms. The van der Waals surface area contributed by atoms with E-state index in [1.807, 2.05) is 117 Å². The van der Waals surface area contributed by atoms with E-state index in [0.29, 0.717) is 85.9 Å². The number of rotatable bonds is 40. The van der Waals surface area contributed by atoms with Crippen LogP contribution in [0.5, 0.6) is 40.2 Å². The number of halogens is 6. The summed E-state index contributed by atoms with van der Waals surface area (Å²) in [5.74, 6) is 5.59. The fourth-order valence-corrected chi connectivity index (χ4v) is 16.3. The third-order valence-electron chi connectivity index (χ3n) is 18.2. The van der Waals surface area contributed by atoms with Crippen molar-refractivity contribution in [3.05, 3.63) is 235 Å². The van der Waals surface area contributed by atoms with Gasteiger partial charge in [-0.1, -0.05) is 117 Å². The molecule has 3 heterocycles. The van der Waals surface area contributed by atoms with Gasteiger partial charge >= 0.3 is 188 Å². The summed E-state index contributed by atoms with van der Waals surface area (Å²) in [5.41, 5.74) is 21.4. The maximum atomic E-state index is 6.02. The minimum atomic E-state index is -1.77. The molecule has 0 spiro atoms. The Morgan fingerprint density at radius 1 is 0.398 bits per heavy atom. The van der Waals surface area contributed by atoms with Gasteiger partial charge in [0.25, 0.3) is 0 Å². The molecule has 128 heavy (non-hydrogen) atoms. The fourth-order valence-electron chi connectivity index (χ4n) is 13.4. The first-order chi connectivity index (χ1) is 61.7. The third kappa shape index (κ3) is 45.5. The van der Waals surface area contributed by atoms with Gasteiger partial charge in [-0.05, 0) is 145 Å². The van der Waals surface area contributed by atoms with E-state index in [9.17, 15) is 0 Å². The summed E-state index contributed by atoms with van der Waals surface area (Å²) in [6.45, 7) is 61.8. The van der Waals surface area contributed by atoms with Crippen LogP contribution in [0.15, 0.2) is 160 Å². The van der Waals surface area contributed by atoms with E-state index in [0.717, 1.165) is 109 Å². The molecule has 21 nitrogen and oxygen atoms in total. The van der Waals surface area contributed by atoms with Gasteiger partial charge in [-0.25, -0.2) is 0 Å². The maximum absolute atomic E-state index is 6.02. The van der Waals surface area contributed by atoms with E-state index in [2.05, 4.69) is 192 Å². The van der Waals surface area contributed by atoms with Crippen LogP contribution in [0, 0.1) is 82.3 Å². The average molecular weight is 2160 g/mol. The van der Waals surface area contributed by atoms with E-state index < -0.39 is 27.0 Å². The normalized spacial score (nSPS) is 12.4. The number of ether oxygens (including phenoxy) is 15. The first-order valence-electron chi connectivity index (χ1n) is 42.1. The first kappa shape index (κ1) is 118. The quantitative estimate of drug-likeness (QED) is 0.00891. The second-order valence-electron chi connectivity index (χ2n) is 28.7. The number of aryl methyl sites for hydroxylation is 9. The third-order valence-corrected chi connectivity index (χ3v) is 21.3. The van der Waals surface area contributed by atoms with Crippen LogP contribution in [0.4, 0.5) is 34.1 Å². The Kier molecular flexibility index (Phi) is 65.8. The van der Waals surface area contributed by atoms with Gasteiger partial charge in [0.05, 0.1) is 69.6 Å². The van der Waals surface area contributed by atoms with E-state index in [1.165, 1.54) is 97.5 Å². The molecule has 0 amide bonds. The van der Waals surface area contributed by atoms with E-state index in [1.54, 1.807) is 42.7 Å². The van der Waals surface area contributed by atoms with Crippen molar-refractivity contribution in [2.24, 2.45) is 0 Å². The van der Waals surface area contributed by atoms with E-state index in [4.69, 9.17) is 124 Å². The summed E-state index contributed by atoms with van der Waals surface area (Å²) in [4.78, 5) is 15.1. The summed E-state index contributed by atoms with van der Waals surface area (Å²) in [5, 5.41) is 0. The Morgan fingerprint density at radius 3 is 0.852 bits per heavy atom. The summed E-state index contributed by atoms with van der Waals surface area (Å²) in [6, 6.07) is 38.9. The number of methoxy groups -OCH3 is 6. The van der Waals surface area contributed by atoms with Crippen molar-refractivity contribution in [1.29, 1.82) is 0 Å². The van der Waals surface area contributed by atoms with Gasteiger partial charge in [0, 0.05) is 99.0 Å². The van der Waals surface area contributed by atoms with Crippen LogP contribution in [0.25, 0.3) is 0 Å². The molecule has 3 aliphatic heterocycles. The van der Waals surface area contributed by atoms with Crippen molar-refractivity contribution in [3.8, 4) is 40.2 Å². The number of nitrogens with zero attached hydrogens (tertiary/aromatic N) is 6. The molecule has 7 aromatic carbocycles. The molecule has 0 unspecified atom stereocenters. The second-order valence-corrected chi connectivity index (χ2v) is 42.7. The van der Waals surface area contributed by atoms with E-state index in [-0.39, 0.29) is 21.2 Å². The van der Waals surface area contributed by atoms with Crippen LogP contribution < -0.4 is 62.6 Å². The van der Waals surface area contributed by atoms with Gasteiger partial charge in [0.2, 0.25) is 0 Å². The van der Waals surface area contributed by atoms with Gasteiger partial charge in [-0.3, -0.25) is 0 Å². The Labute approximate surface area is 809 Å². The van der Waals surface area contributed by atoms with Crippen molar-refractivity contribution < 1.29 is 113 Å². The van der Waals surface area contributed by atoms with Gasteiger partial charge in [0.1, 0.15) is 74.1 Å². The molecule has 3 aliphatic rings. The van der Waals surface area contributed by atoms with Crippen molar-refractivity contribution in [2.45, 2.75) is 122 Å². The predicted molar refractivity (Wildman–Crippen MR) is 529 cm³/mol. The van der Waals surface area contributed by atoms with Crippen LogP contribution in [-0.4, -0.2) is 190 Å². The number of hydrogen-bond donors (Lipinski definition) is 0. The number of para-hydroxylation sites is 4. The monoisotopic (exact) mass is 2160 g/mol. The first-order valence-corrected chi connectivity index (χ1v) is 57.6. The molecule has 0 N–H and O–H groups in total. The molecule has 722 valence electrons. The number of unbranched alkanes of at least 4 members (excludes halogenated alkanes) is 2. The molecular formula is C98H141Cl6N6O15Ru3-3. The summed E-state index contributed by atoms with van der Waals surface area (Å²) in [6.07, 6.45) is 7.31. The molecule has 0 aliphatic carbocycles. The van der Waals surface area contributed by atoms with Crippen LogP contribution in [0.3, 0.4) is 0 Å². The Bertz CT molecular complexity index is 3870. The van der Waals surface area contributed by atoms with Crippen molar-refractivity contribution >= 4 is 102 Å². The SMILES string of the molecule is C=C=C.C=CCCCC.C=COCC.CC(C)Oc1ccccc1[CH]=[Ru]([Cl])[Cl].CCO[CH]=[Ru]([Cl])[Cl].COCCOc1cccc(OCCOC)c1N1[CH-]N(c2c(C)cc(C)cc2C)CC1.COCCOc1cccc(OCCOC)c1N1[CH-]N(c2c(C)cc(C)cc2C)CC1.COCCOc1cccc(OCCOC)c1N1[CH-]N(c2c(C)cc(C)cc2C)CC1.[Cl][Ru][Cl]. The molecule has 3 fully saturated rings. The Morgan fingerprint density at radius 2 is 0.656 bits per heavy atom. The van der Waals surface area contributed by atoms with Crippen LogP contribution in [-0.2, 0) is 80.1 Å². The number of benzene rings is 7. The molecular weight excluding hydrogens is 2020 g/mol. The molecule has 0 saturated carbocycles. The average Bonchev–Trinajstić information content (AvgIpc) is 1.64. The molecule has 0 bridgehead atoms. The zero-order valence-electron chi connectivity index (χ0n) is 78.8. The van der Waals surface area contributed by atoms with Gasteiger partial charge in [-0.15, -0.1) is 12.3 Å². The molecule has 0 radical (unpaired) electrons. The van der Waals surface area contributed by atoms with Crippen LogP contribution >= 0.6 is 58.1 Å². The molecule has 3 saturated heterocycles. The molecule has 0 atom stereocenters. The van der Waals surface area contributed by atoms with Gasteiger partial charge in [-0.2, -0.15) is 20.0 Å². The number of hydrogen-bond acceptors (Lipinski definition) is 21. The molecule has 0 aromatic heterocycles. The second kappa shape index (κ2) is 71.4. The van der Waals surface area contributed by atoms with Gasteiger partial charge in [0.15, 0.2) is 0 Å². The van der Waals surface area contributed by atoms with Gasteiger partial charge < -0.3 is 91.0 Å². The van der Waals surface area contributed by atoms with Crippen LogP contribution in [0.2, 0.25) is 0 Å². The standard InChI is InChI=1S/3C24H33N2O4.C10H12O.C6H12.C4H8O.C3H6O.C3H4.6ClH.3Ru/c3*1-18-15-19(2)23(20(3)16-18)25-9-10-26(17-25)24-21(29-13-11-27-4)7-6-8-22(24)30-14-12-28-5;1-8(2)11-10-7-5-4-6-9(10)3;1-3-5-6-4-2;1-3-5-4-2;1-3-4-2;1-3-2;;;;;;;;;/h3*6-8,15-17H,9-14H2,1-5H3;3-8H,1-2H3;3H,1,4-6H2,2H3;3H,1,4H2,2H3;2H,3H2,1H3;1-2H2;6*1H;;;/q3*-1;;;;;;;;;;;;3*+2/p-6. The van der Waals surface area contributed by atoms with Crippen LogP contribution in [0.1, 0.15) is 110 Å². The minimum absolute atomic E-state index is 0.163. The summed E-state index contributed by atoms with van der Waals surface area (Å²) < 4.78 is 83.9. The fraction of sp³-hybridized carbons (Fsp3) is 0.449. The Balaban J connectivity index is 0.000000541. The van der Waals surface area contributed by atoms with Crippen molar-refractivity contribution in [2.75, 3.05) is 204 Å². The summed E-state index contributed by atoms with van der Waals surface area (Å²) >= 11 is -3.74.